The van der Waals surface area contributed by atoms with Gasteiger partial charge in [-0.2, -0.15) is 0 Å². The van der Waals surface area contributed by atoms with E-state index in [2.05, 4.69) is 42.4 Å². The Labute approximate surface area is 206 Å². The number of carbonyl (C=O) groups excluding carboxylic acids is 2. The third-order valence-electron chi connectivity index (χ3n) is 6.08. The summed E-state index contributed by atoms with van der Waals surface area (Å²) in [6.07, 6.45) is 0.330. The molecule has 0 fully saturated rings. The molecule has 0 radical (unpaired) electrons. The van der Waals surface area contributed by atoms with Crippen molar-refractivity contribution in [3.63, 3.8) is 0 Å². The van der Waals surface area contributed by atoms with Gasteiger partial charge in [0.2, 0.25) is 0 Å². The molecule has 0 saturated heterocycles. The summed E-state index contributed by atoms with van der Waals surface area (Å²) in [7, 11) is 3.88. The predicted molar refractivity (Wildman–Crippen MR) is 139 cm³/mol. The van der Waals surface area contributed by atoms with E-state index >= 15 is 0 Å². The van der Waals surface area contributed by atoms with Gasteiger partial charge >= 0.3 is 11.9 Å². The fraction of sp³-hybridized carbons (Fsp3) is 0.692. The van der Waals surface area contributed by atoms with E-state index in [9.17, 15) is 9.59 Å². The average molecular weight is 479 g/mol. The molecule has 0 aromatic heterocycles. The van der Waals surface area contributed by atoms with E-state index < -0.39 is 5.97 Å². The normalized spacial score (nSPS) is 11.3. The van der Waals surface area contributed by atoms with Gasteiger partial charge in [-0.3, -0.25) is 4.79 Å². The smallest absolute Gasteiger partial charge is 0.338 e. The quantitative estimate of drug-likeness (QED) is 0.236. The maximum Gasteiger partial charge on any atom is 0.338 e. The average Bonchev–Trinajstić information content (AvgIpc) is 2.85. The minimum absolute atomic E-state index is 0.0492. The molecule has 0 aliphatic carbocycles. The molecular formula is C26H46N4O4. The molecule has 8 heteroatoms. The zero-order chi connectivity index (χ0) is 25.3. The molecule has 0 aliphatic rings. The largest absolute Gasteiger partial charge is 0.462 e. The summed E-state index contributed by atoms with van der Waals surface area (Å²) in [4.78, 5) is 33.5. The first-order valence-corrected chi connectivity index (χ1v) is 12.6. The lowest BCUT2D eigenvalue weighted by Gasteiger charge is -2.28. The first kappa shape index (κ1) is 29.9. The lowest BCUT2D eigenvalue weighted by atomic mass is 10.2. The number of esters is 2. The van der Waals surface area contributed by atoms with Gasteiger partial charge in [-0.25, -0.2) is 4.79 Å². The molecule has 0 saturated carbocycles. The molecule has 194 valence electrons. The van der Waals surface area contributed by atoms with E-state index in [1.165, 1.54) is 0 Å². The van der Waals surface area contributed by atoms with Crippen LogP contribution in [0.2, 0.25) is 0 Å². The summed E-state index contributed by atoms with van der Waals surface area (Å²) in [6.45, 7) is 17.4. The van der Waals surface area contributed by atoms with Gasteiger partial charge in [-0.05, 0) is 50.4 Å². The zero-order valence-electron chi connectivity index (χ0n) is 22.2. The highest BCUT2D eigenvalue weighted by molar-refractivity contribution is 5.89. The summed E-state index contributed by atoms with van der Waals surface area (Å²) in [5.41, 5.74) is 1.49. The third-order valence-corrected chi connectivity index (χ3v) is 6.08. The number of nitrogens with zero attached hydrogens (tertiary/aromatic N) is 4. The highest BCUT2D eigenvalue weighted by Gasteiger charge is 2.13. The Morgan fingerprint density at radius 3 is 1.62 bits per heavy atom. The van der Waals surface area contributed by atoms with Crippen molar-refractivity contribution in [2.24, 2.45) is 0 Å². The van der Waals surface area contributed by atoms with E-state index in [0.717, 1.165) is 58.0 Å². The van der Waals surface area contributed by atoms with Crippen LogP contribution in [0.5, 0.6) is 0 Å². The molecule has 34 heavy (non-hydrogen) atoms. The number of ether oxygens (including phenoxy) is 2. The van der Waals surface area contributed by atoms with Crippen molar-refractivity contribution in [2.75, 3.05) is 91.1 Å². The fourth-order valence-electron chi connectivity index (χ4n) is 3.57. The standard InChI is InChI=1S/C26H46N4O4/c1-7-28(8-2)17-19-30(20-18-29(9-3)10-4)16-15-25(31)33-21-22-34-26(32)23-11-13-24(14-12-23)27(5)6/h11-14H,7-10,15-22H2,1-6H3. The zero-order valence-corrected chi connectivity index (χ0v) is 22.2. The second kappa shape index (κ2) is 17.3. The number of likely N-dealkylation sites (N-methyl/N-ethyl adjacent to an activating group) is 2. The first-order chi connectivity index (χ1) is 16.3. The van der Waals surface area contributed by atoms with E-state index in [1.807, 2.05) is 31.1 Å². The van der Waals surface area contributed by atoms with Crippen LogP contribution in [0.15, 0.2) is 24.3 Å². The Balaban J connectivity index is 2.39. The Morgan fingerprint density at radius 1 is 0.676 bits per heavy atom. The molecular weight excluding hydrogens is 432 g/mol. The Bertz CT molecular complexity index is 673. The molecule has 1 aromatic rings. The molecule has 8 nitrogen and oxygen atoms in total. The molecule has 0 N–H and O–H groups in total. The Kier molecular flexibility index (Phi) is 15.2. The highest BCUT2D eigenvalue weighted by Crippen LogP contribution is 2.12. The second-order valence-corrected chi connectivity index (χ2v) is 8.44. The van der Waals surface area contributed by atoms with Gasteiger partial charge in [-0.15, -0.1) is 0 Å². The van der Waals surface area contributed by atoms with Crippen LogP contribution >= 0.6 is 0 Å². The maximum absolute atomic E-state index is 12.2. The summed E-state index contributed by atoms with van der Waals surface area (Å²) in [5.74, 6) is -0.678. The van der Waals surface area contributed by atoms with E-state index in [0.29, 0.717) is 18.5 Å². The van der Waals surface area contributed by atoms with Gasteiger partial charge in [0, 0.05) is 52.5 Å². The number of benzene rings is 1. The molecule has 0 amide bonds. The van der Waals surface area contributed by atoms with Crippen molar-refractivity contribution in [1.29, 1.82) is 0 Å². The summed E-state index contributed by atoms with van der Waals surface area (Å²) < 4.78 is 10.5. The van der Waals surface area contributed by atoms with Gasteiger partial charge in [0.1, 0.15) is 13.2 Å². The second-order valence-electron chi connectivity index (χ2n) is 8.44. The topological polar surface area (TPSA) is 65.6 Å². The minimum atomic E-state index is -0.416. The van der Waals surface area contributed by atoms with Crippen LogP contribution in [0, 0.1) is 0 Å². The SMILES string of the molecule is CCN(CC)CCN(CCC(=O)OCCOC(=O)c1ccc(N(C)C)cc1)CCN(CC)CC. The van der Waals surface area contributed by atoms with Crippen molar-refractivity contribution < 1.29 is 19.1 Å². The highest BCUT2D eigenvalue weighted by atomic mass is 16.6. The molecule has 1 aromatic carbocycles. The minimum Gasteiger partial charge on any atom is -0.462 e. The fourth-order valence-corrected chi connectivity index (χ4v) is 3.57. The van der Waals surface area contributed by atoms with Gasteiger partial charge < -0.3 is 29.1 Å². The Hall–Kier alpha value is -2.16. The molecule has 0 bridgehead atoms. The molecule has 0 unspecified atom stereocenters. The summed E-state index contributed by atoms with van der Waals surface area (Å²) in [6, 6.07) is 7.19. The van der Waals surface area contributed by atoms with Crippen LogP contribution in [0.3, 0.4) is 0 Å². The van der Waals surface area contributed by atoms with Gasteiger partial charge in [-0.1, -0.05) is 27.7 Å². The lowest BCUT2D eigenvalue weighted by Crippen LogP contribution is -2.40. The van der Waals surface area contributed by atoms with Gasteiger partial charge in [0.25, 0.3) is 0 Å². The van der Waals surface area contributed by atoms with Crippen LogP contribution < -0.4 is 4.90 Å². The first-order valence-electron chi connectivity index (χ1n) is 12.6. The third kappa shape index (κ3) is 11.8. The van der Waals surface area contributed by atoms with Gasteiger partial charge in [0.05, 0.1) is 12.0 Å². The van der Waals surface area contributed by atoms with E-state index in [4.69, 9.17) is 9.47 Å². The number of hydrogen-bond donors (Lipinski definition) is 0. The van der Waals surface area contributed by atoms with Crippen LogP contribution in [0.1, 0.15) is 44.5 Å². The molecule has 0 heterocycles. The van der Waals surface area contributed by atoms with Crippen molar-refractivity contribution in [3.8, 4) is 0 Å². The number of hydrogen-bond acceptors (Lipinski definition) is 8. The van der Waals surface area contributed by atoms with Crippen LogP contribution in [-0.4, -0.2) is 113 Å². The summed E-state index contributed by atoms with van der Waals surface area (Å²) in [5, 5.41) is 0. The van der Waals surface area contributed by atoms with Crippen LogP contribution in [-0.2, 0) is 14.3 Å². The van der Waals surface area contributed by atoms with Crippen molar-refractivity contribution in [1.82, 2.24) is 14.7 Å². The molecule has 0 spiro atoms. The number of rotatable bonds is 18. The monoisotopic (exact) mass is 478 g/mol. The van der Waals surface area contributed by atoms with E-state index in [-0.39, 0.29) is 19.2 Å². The van der Waals surface area contributed by atoms with E-state index in [1.54, 1.807) is 12.1 Å². The van der Waals surface area contributed by atoms with Crippen LogP contribution in [0.25, 0.3) is 0 Å². The molecule has 0 aliphatic heterocycles. The van der Waals surface area contributed by atoms with Crippen LogP contribution in [0.4, 0.5) is 5.69 Å². The van der Waals surface area contributed by atoms with Crippen molar-refractivity contribution in [2.45, 2.75) is 34.1 Å². The number of carbonyl (C=O) groups is 2. The predicted octanol–water partition coefficient (Wildman–Crippen LogP) is 2.83. The Morgan fingerprint density at radius 2 is 1.15 bits per heavy atom. The van der Waals surface area contributed by atoms with Gasteiger partial charge in [0.15, 0.2) is 0 Å². The lowest BCUT2D eigenvalue weighted by molar-refractivity contribution is -0.145. The van der Waals surface area contributed by atoms with Crippen molar-refractivity contribution >= 4 is 17.6 Å². The number of anilines is 1. The molecule has 1 rings (SSSR count). The molecule has 0 atom stereocenters. The maximum atomic E-state index is 12.2. The summed E-state index contributed by atoms with van der Waals surface area (Å²) >= 11 is 0. The van der Waals surface area contributed by atoms with Crippen molar-refractivity contribution in [3.05, 3.63) is 29.8 Å².